The number of carbonyl (C=O) groups excluding carboxylic acids is 1. The summed E-state index contributed by atoms with van der Waals surface area (Å²) in [5.74, 6) is -1.16. The van der Waals surface area contributed by atoms with Gasteiger partial charge in [0.15, 0.2) is 0 Å². The molecule has 1 amide bonds. The number of ether oxygens (including phenoxy) is 2. The normalized spacial score (nSPS) is 12.1. The van der Waals surface area contributed by atoms with Crippen molar-refractivity contribution in [2.45, 2.75) is 25.4 Å². The number of hydrogen-bond acceptors (Lipinski definition) is 4. The van der Waals surface area contributed by atoms with Gasteiger partial charge in [0.2, 0.25) is 12.0 Å². The van der Waals surface area contributed by atoms with Gasteiger partial charge in [0, 0.05) is 0 Å². The fourth-order valence-electron chi connectivity index (χ4n) is 2.40. The first kappa shape index (κ1) is 20.2. The van der Waals surface area contributed by atoms with Gasteiger partial charge in [-0.15, -0.1) is 0 Å². The van der Waals surface area contributed by atoms with E-state index in [1.165, 1.54) is 24.3 Å². The first-order valence-electron chi connectivity index (χ1n) is 8.32. The highest BCUT2D eigenvalue weighted by Gasteiger charge is 2.31. The fourth-order valence-corrected chi connectivity index (χ4v) is 2.40. The second-order valence-corrected chi connectivity index (χ2v) is 6.46. The molecule has 1 atom stereocenters. The minimum absolute atomic E-state index is 0.201. The quantitative estimate of drug-likeness (QED) is 0.741. The van der Waals surface area contributed by atoms with Crippen molar-refractivity contribution in [3.05, 3.63) is 59.9 Å². The van der Waals surface area contributed by atoms with Crippen molar-refractivity contribution in [1.29, 1.82) is 0 Å². The van der Waals surface area contributed by atoms with Gasteiger partial charge in [-0.05, 0) is 55.8 Å². The molecule has 0 aliphatic carbocycles. The number of carboxylic acid groups (broad SMARTS) is 1. The molecule has 6 nitrogen and oxygen atoms in total. The molecule has 0 aliphatic rings. The van der Waals surface area contributed by atoms with Crippen molar-refractivity contribution in [2.75, 3.05) is 13.7 Å². The van der Waals surface area contributed by atoms with Gasteiger partial charge < -0.3 is 19.9 Å². The Balaban J connectivity index is 2.03. The molecule has 2 N–H and O–H groups in total. The lowest BCUT2D eigenvalue weighted by molar-refractivity contribution is -0.145. The smallest absolute Gasteiger partial charge is 0.346 e. The van der Waals surface area contributed by atoms with Gasteiger partial charge >= 0.3 is 5.97 Å². The third-order valence-electron chi connectivity index (χ3n) is 4.19. The molecule has 7 heteroatoms. The zero-order valence-corrected chi connectivity index (χ0v) is 15.4. The SMILES string of the molecule is COc1ccc(C(C)(C)C(=O)NCC(Oc2ccc(F)cc2)C(=O)O)cc1. The molecular formula is C20H22FNO5. The molecule has 0 saturated heterocycles. The molecule has 0 bridgehead atoms. The van der Waals surface area contributed by atoms with E-state index in [0.29, 0.717) is 5.75 Å². The molecule has 0 spiro atoms. The Morgan fingerprint density at radius 3 is 2.15 bits per heavy atom. The van der Waals surface area contributed by atoms with Crippen LogP contribution in [0.5, 0.6) is 11.5 Å². The van der Waals surface area contributed by atoms with E-state index in [4.69, 9.17) is 9.47 Å². The number of aliphatic carboxylic acids is 1. The lowest BCUT2D eigenvalue weighted by atomic mass is 9.83. The minimum atomic E-state index is -1.30. The summed E-state index contributed by atoms with van der Waals surface area (Å²) in [6, 6.07) is 12.1. The first-order chi connectivity index (χ1) is 12.7. The largest absolute Gasteiger partial charge is 0.497 e. The minimum Gasteiger partial charge on any atom is -0.497 e. The third kappa shape index (κ3) is 5.20. The number of benzene rings is 2. The van der Waals surface area contributed by atoms with Gasteiger partial charge in [-0.2, -0.15) is 0 Å². The maximum absolute atomic E-state index is 12.9. The fraction of sp³-hybridized carbons (Fsp3) is 0.300. The number of carbonyl (C=O) groups is 2. The molecule has 0 aromatic heterocycles. The Morgan fingerprint density at radius 2 is 1.63 bits per heavy atom. The third-order valence-corrected chi connectivity index (χ3v) is 4.19. The highest BCUT2D eigenvalue weighted by molar-refractivity contribution is 5.88. The highest BCUT2D eigenvalue weighted by Crippen LogP contribution is 2.25. The number of amides is 1. The predicted molar refractivity (Wildman–Crippen MR) is 97.5 cm³/mol. The first-order valence-corrected chi connectivity index (χ1v) is 8.32. The van der Waals surface area contributed by atoms with Crippen LogP contribution in [0.1, 0.15) is 19.4 Å². The van der Waals surface area contributed by atoms with Crippen molar-refractivity contribution >= 4 is 11.9 Å². The average Bonchev–Trinajstić information content (AvgIpc) is 2.66. The molecule has 144 valence electrons. The van der Waals surface area contributed by atoms with Crippen LogP contribution in [0.15, 0.2) is 48.5 Å². The van der Waals surface area contributed by atoms with Gasteiger partial charge in [0.1, 0.15) is 17.3 Å². The Morgan fingerprint density at radius 1 is 1.07 bits per heavy atom. The molecular weight excluding hydrogens is 353 g/mol. The van der Waals surface area contributed by atoms with Crippen molar-refractivity contribution in [2.24, 2.45) is 0 Å². The van der Waals surface area contributed by atoms with E-state index < -0.39 is 23.3 Å². The van der Waals surface area contributed by atoms with Crippen LogP contribution in [0.3, 0.4) is 0 Å². The van der Waals surface area contributed by atoms with Gasteiger partial charge in [-0.25, -0.2) is 9.18 Å². The molecule has 0 saturated carbocycles. The standard InChI is InChI=1S/C20H22FNO5/c1-20(2,13-4-8-15(26-3)9-5-13)19(25)22-12-17(18(23)24)27-16-10-6-14(21)7-11-16/h4-11,17H,12H2,1-3H3,(H,22,25)(H,23,24). The van der Waals surface area contributed by atoms with Gasteiger partial charge in [0.05, 0.1) is 19.1 Å². The van der Waals surface area contributed by atoms with Crippen molar-refractivity contribution in [3.63, 3.8) is 0 Å². The maximum atomic E-state index is 12.9. The van der Waals surface area contributed by atoms with Crippen LogP contribution in [-0.4, -0.2) is 36.7 Å². The summed E-state index contributed by atoms with van der Waals surface area (Å²) in [6.45, 7) is 3.24. The Hall–Kier alpha value is -3.09. The molecule has 0 heterocycles. The van der Waals surface area contributed by atoms with E-state index in [9.17, 15) is 19.1 Å². The van der Waals surface area contributed by atoms with E-state index >= 15 is 0 Å². The summed E-state index contributed by atoms with van der Waals surface area (Å²) in [4.78, 5) is 24.0. The topological polar surface area (TPSA) is 84.9 Å². The highest BCUT2D eigenvalue weighted by atomic mass is 19.1. The Kier molecular flexibility index (Phi) is 6.39. The summed E-state index contributed by atoms with van der Waals surface area (Å²) < 4.78 is 23.4. The molecule has 0 aliphatic heterocycles. The van der Waals surface area contributed by atoms with Gasteiger partial charge in [0.25, 0.3) is 0 Å². The van der Waals surface area contributed by atoms with Crippen LogP contribution in [-0.2, 0) is 15.0 Å². The molecule has 0 radical (unpaired) electrons. The lowest BCUT2D eigenvalue weighted by Crippen LogP contribution is -2.46. The van der Waals surface area contributed by atoms with E-state index in [1.807, 2.05) is 0 Å². The maximum Gasteiger partial charge on any atom is 0.346 e. The van der Waals surface area contributed by atoms with Crippen molar-refractivity contribution in [1.82, 2.24) is 5.32 Å². The number of methoxy groups -OCH3 is 1. The molecule has 0 fully saturated rings. The zero-order valence-electron chi connectivity index (χ0n) is 15.4. The number of nitrogens with one attached hydrogen (secondary N) is 1. The Labute approximate surface area is 156 Å². The van der Waals surface area contributed by atoms with Crippen molar-refractivity contribution < 1.29 is 28.6 Å². The van der Waals surface area contributed by atoms with Crippen molar-refractivity contribution in [3.8, 4) is 11.5 Å². The van der Waals surface area contributed by atoms with Crippen LogP contribution in [0.25, 0.3) is 0 Å². The van der Waals surface area contributed by atoms with E-state index in [1.54, 1.807) is 45.2 Å². The van der Waals surface area contributed by atoms with Crippen LogP contribution in [0, 0.1) is 5.82 Å². The van der Waals surface area contributed by atoms with Gasteiger partial charge in [-0.1, -0.05) is 12.1 Å². The second kappa shape index (κ2) is 8.53. The summed E-state index contributed by atoms with van der Waals surface area (Å²) >= 11 is 0. The number of hydrogen-bond donors (Lipinski definition) is 2. The zero-order chi connectivity index (χ0) is 20.0. The van der Waals surface area contributed by atoms with E-state index in [0.717, 1.165) is 5.56 Å². The van der Waals surface area contributed by atoms with Crippen LogP contribution >= 0.6 is 0 Å². The summed E-state index contributed by atoms with van der Waals surface area (Å²) in [5, 5.41) is 11.9. The Bertz CT molecular complexity index is 787. The number of carboxylic acids is 1. The van der Waals surface area contributed by atoms with Crippen LogP contribution in [0.4, 0.5) is 4.39 Å². The van der Waals surface area contributed by atoms with E-state index in [2.05, 4.69) is 5.32 Å². The summed E-state index contributed by atoms with van der Waals surface area (Å²) in [6.07, 6.45) is -1.30. The monoisotopic (exact) mass is 375 g/mol. The lowest BCUT2D eigenvalue weighted by Gasteiger charge is -2.25. The molecule has 2 aromatic rings. The number of rotatable bonds is 8. The average molecular weight is 375 g/mol. The summed E-state index contributed by atoms with van der Waals surface area (Å²) in [7, 11) is 1.56. The van der Waals surface area contributed by atoms with Crippen LogP contribution in [0.2, 0.25) is 0 Å². The molecule has 1 unspecified atom stereocenters. The van der Waals surface area contributed by atoms with E-state index in [-0.39, 0.29) is 18.2 Å². The summed E-state index contributed by atoms with van der Waals surface area (Å²) in [5.41, 5.74) is -0.127. The second-order valence-electron chi connectivity index (χ2n) is 6.46. The molecule has 2 rings (SSSR count). The predicted octanol–water partition coefficient (Wildman–Crippen LogP) is 2.76. The van der Waals surface area contributed by atoms with Gasteiger partial charge in [-0.3, -0.25) is 4.79 Å². The van der Waals surface area contributed by atoms with Crippen LogP contribution < -0.4 is 14.8 Å². The number of halogens is 1. The molecule has 2 aromatic carbocycles. The molecule has 27 heavy (non-hydrogen) atoms.